The Labute approximate surface area is 161 Å². The predicted octanol–water partition coefficient (Wildman–Crippen LogP) is 3.36. The number of benzene rings is 1. The van der Waals surface area contributed by atoms with Crippen LogP contribution in [0.1, 0.15) is 42.6 Å². The molecule has 2 N–H and O–H groups in total. The number of nitrogens with one attached hydrogen (secondary N) is 1. The number of pyridine rings is 1. The van der Waals surface area contributed by atoms with E-state index in [-0.39, 0.29) is 11.9 Å². The molecule has 144 valence electrons. The number of hydrogen-bond acceptors (Lipinski definition) is 4. The number of anilines is 1. The summed E-state index contributed by atoms with van der Waals surface area (Å²) in [5, 5.41) is 13.6. The molecule has 2 atom stereocenters. The van der Waals surface area contributed by atoms with E-state index < -0.39 is 6.10 Å². The quantitative estimate of drug-likeness (QED) is 0.822. The molecule has 2 unspecified atom stereocenters. The molecule has 0 bridgehead atoms. The van der Waals surface area contributed by atoms with E-state index in [1.54, 1.807) is 6.20 Å². The molecule has 1 aromatic heterocycles. The van der Waals surface area contributed by atoms with Gasteiger partial charge in [0.15, 0.2) is 0 Å². The molecule has 0 radical (unpaired) electrons. The van der Waals surface area contributed by atoms with Gasteiger partial charge in [-0.25, -0.2) is 4.98 Å². The Morgan fingerprint density at radius 3 is 2.56 bits per heavy atom. The number of aromatic nitrogens is 1. The summed E-state index contributed by atoms with van der Waals surface area (Å²) in [5.74, 6) is 1.42. The lowest BCUT2D eigenvalue weighted by atomic mass is 9.99. The zero-order valence-electron chi connectivity index (χ0n) is 16.1. The summed E-state index contributed by atoms with van der Waals surface area (Å²) in [4.78, 5) is 18.9. The maximum Gasteiger partial charge on any atom is 0.255 e. The number of aliphatic hydroxyl groups excluding tert-OH is 1. The summed E-state index contributed by atoms with van der Waals surface area (Å²) in [6, 6.07) is 13.4. The second-order valence-electron chi connectivity index (χ2n) is 7.60. The van der Waals surface area contributed by atoms with E-state index in [1.165, 1.54) is 0 Å². The Morgan fingerprint density at radius 1 is 1.22 bits per heavy atom. The van der Waals surface area contributed by atoms with Gasteiger partial charge in [0.05, 0.1) is 17.7 Å². The highest BCUT2D eigenvalue weighted by atomic mass is 16.3. The van der Waals surface area contributed by atoms with Crippen molar-refractivity contribution in [3.8, 4) is 0 Å². The monoisotopic (exact) mass is 367 g/mol. The van der Waals surface area contributed by atoms with Crippen molar-refractivity contribution in [2.45, 2.75) is 45.3 Å². The van der Waals surface area contributed by atoms with E-state index >= 15 is 0 Å². The number of carbonyl (C=O) groups is 1. The number of piperidine rings is 1. The van der Waals surface area contributed by atoms with E-state index in [0.717, 1.165) is 31.5 Å². The minimum Gasteiger partial charge on any atom is -0.391 e. The number of hydrogen-bond donors (Lipinski definition) is 2. The molecule has 1 aromatic carbocycles. The van der Waals surface area contributed by atoms with Gasteiger partial charge in [-0.3, -0.25) is 4.79 Å². The molecule has 1 fully saturated rings. The maximum atomic E-state index is 12.6. The number of aliphatic hydroxyl groups is 1. The largest absolute Gasteiger partial charge is 0.391 e. The number of rotatable bonds is 6. The van der Waals surface area contributed by atoms with Crippen LogP contribution in [-0.2, 0) is 6.42 Å². The Bertz CT molecular complexity index is 725. The average molecular weight is 367 g/mol. The van der Waals surface area contributed by atoms with Gasteiger partial charge in [-0.05, 0) is 43.4 Å². The summed E-state index contributed by atoms with van der Waals surface area (Å²) in [6.45, 7) is 5.81. The minimum atomic E-state index is -0.522. The summed E-state index contributed by atoms with van der Waals surface area (Å²) < 4.78 is 0. The van der Waals surface area contributed by atoms with Gasteiger partial charge in [0.1, 0.15) is 5.82 Å². The minimum absolute atomic E-state index is 0.0538. The predicted molar refractivity (Wildman–Crippen MR) is 108 cm³/mol. The van der Waals surface area contributed by atoms with Crippen LogP contribution in [0.15, 0.2) is 48.7 Å². The first-order chi connectivity index (χ1) is 13.0. The Morgan fingerprint density at radius 2 is 1.93 bits per heavy atom. The van der Waals surface area contributed by atoms with Crippen LogP contribution in [0, 0.1) is 5.92 Å². The third kappa shape index (κ3) is 5.30. The summed E-state index contributed by atoms with van der Waals surface area (Å²) in [6.07, 6.45) is 3.81. The topological polar surface area (TPSA) is 65.5 Å². The smallest absolute Gasteiger partial charge is 0.255 e. The maximum absolute atomic E-state index is 12.6. The first kappa shape index (κ1) is 19.4. The van der Waals surface area contributed by atoms with Crippen molar-refractivity contribution in [1.29, 1.82) is 0 Å². The van der Waals surface area contributed by atoms with Crippen molar-refractivity contribution in [2.24, 2.45) is 5.92 Å². The fourth-order valence-corrected chi connectivity index (χ4v) is 3.36. The Kier molecular flexibility index (Phi) is 6.45. The van der Waals surface area contributed by atoms with Crippen LogP contribution in [0.25, 0.3) is 0 Å². The molecule has 0 saturated carbocycles. The van der Waals surface area contributed by atoms with E-state index in [4.69, 9.17) is 0 Å². The molecule has 1 amide bonds. The van der Waals surface area contributed by atoms with E-state index in [1.807, 2.05) is 54.3 Å². The van der Waals surface area contributed by atoms with E-state index in [0.29, 0.717) is 23.7 Å². The molecule has 0 spiro atoms. The van der Waals surface area contributed by atoms with Gasteiger partial charge in [0.2, 0.25) is 0 Å². The van der Waals surface area contributed by atoms with Crippen molar-refractivity contribution in [1.82, 2.24) is 9.88 Å². The Balaban J connectivity index is 1.54. The third-order valence-electron chi connectivity index (χ3n) is 5.32. The van der Waals surface area contributed by atoms with Crippen LogP contribution in [0.5, 0.6) is 0 Å². The van der Waals surface area contributed by atoms with Crippen LogP contribution >= 0.6 is 0 Å². The highest BCUT2D eigenvalue weighted by molar-refractivity contribution is 5.94. The molecule has 1 aliphatic heterocycles. The van der Waals surface area contributed by atoms with Crippen molar-refractivity contribution in [2.75, 3.05) is 18.4 Å². The molecular formula is C22H29N3O2. The molecule has 1 saturated heterocycles. The molecule has 2 aromatic rings. The zero-order chi connectivity index (χ0) is 19.2. The standard InChI is InChI=1S/C22H29N3O2/c1-16-10-12-25(13-11-16)22(27)19-8-9-21(23-15-19)24-17(2)20(26)14-18-6-4-3-5-7-18/h3-9,15-17,20,26H,10-14H2,1-2H3,(H,23,24). The third-order valence-corrected chi connectivity index (χ3v) is 5.32. The zero-order valence-corrected chi connectivity index (χ0v) is 16.1. The number of carbonyl (C=O) groups excluding carboxylic acids is 1. The summed E-state index contributed by atoms with van der Waals surface area (Å²) in [7, 11) is 0. The van der Waals surface area contributed by atoms with Gasteiger partial charge < -0.3 is 15.3 Å². The van der Waals surface area contributed by atoms with Crippen LogP contribution in [0.3, 0.4) is 0 Å². The van der Waals surface area contributed by atoms with Crippen LogP contribution in [0.2, 0.25) is 0 Å². The van der Waals surface area contributed by atoms with Gasteiger partial charge in [0, 0.05) is 25.7 Å². The first-order valence-corrected chi connectivity index (χ1v) is 9.77. The average Bonchev–Trinajstić information content (AvgIpc) is 2.69. The lowest BCUT2D eigenvalue weighted by molar-refractivity contribution is 0.0697. The SMILES string of the molecule is CC1CCN(C(=O)c2ccc(NC(C)C(O)Cc3ccccc3)nc2)CC1. The second-order valence-corrected chi connectivity index (χ2v) is 7.60. The van der Waals surface area contributed by atoms with Gasteiger partial charge in [-0.2, -0.15) is 0 Å². The van der Waals surface area contributed by atoms with Crippen molar-refractivity contribution >= 4 is 11.7 Å². The fourth-order valence-electron chi connectivity index (χ4n) is 3.36. The van der Waals surface area contributed by atoms with Crippen LogP contribution < -0.4 is 5.32 Å². The molecule has 2 heterocycles. The molecule has 5 heteroatoms. The molecule has 0 aliphatic carbocycles. The van der Waals surface area contributed by atoms with E-state index in [2.05, 4.69) is 17.2 Å². The van der Waals surface area contributed by atoms with Crippen LogP contribution in [0.4, 0.5) is 5.82 Å². The normalized spacial score (nSPS) is 17.4. The van der Waals surface area contributed by atoms with Gasteiger partial charge in [-0.1, -0.05) is 37.3 Å². The second kappa shape index (κ2) is 9.00. The van der Waals surface area contributed by atoms with Crippen molar-refractivity contribution in [3.63, 3.8) is 0 Å². The van der Waals surface area contributed by atoms with E-state index in [9.17, 15) is 9.90 Å². The highest BCUT2D eigenvalue weighted by Gasteiger charge is 2.22. The fraction of sp³-hybridized carbons (Fsp3) is 0.455. The number of amides is 1. The molecule has 5 nitrogen and oxygen atoms in total. The lowest BCUT2D eigenvalue weighted by Gasteiger charge is -2.30. The van der Waals surface area contributed by atoms with Crippen molar-refractivity contribution < 1.29 is 9.90 Å². The molecule has 3 rings (SSSR count). The van der Waals surface area contributed by atoms with Gasteiger partial charge >= 0.3 is 0 Å². The number of nitrogens with zero attached hydrogens (tertiary/aromatic N) is 2. The van der Waals surface area contributed by atoms with Crippen molar-refractivity contribution in [3.05, 3.63) is 59.8 Å². The first-order valence-electron chi connectivity index (χ1n) is 9.77. The summed E-state index contributed by atoms with van der Waals surface area (Å²) >= 11 is 0. The Hall–Kier alpha value is -2.40. The molecule has 27 heavy (non-hydrogen) atoms. The van der Waals surface area contributed by atoms with Gasteiger partial charge in [-0.15, -0.1) is 0 Å². The highest BCUT2D eigenvalue weighted by Crippen LogP contribution is 2.18. The van der Waals surface area contributed by atoms with Crippen LogP contribution in [-0.4, -0.2) is 46.1 Å². The lowest BCUT2D eigenvalue weighted by Crippen LogP contribution is -2.38. The molecule has 1 aliphatic rings. The molecular weight excluding hydrogens is 338 g/mol. The summed E-state index contributed by atoms with van der Waals surface area (Å²) in [5.41, 5.74) is 1.72. The van der Waals surface area contributed by atoms with Gasteiger partial charge in [0.25, 0.3) is 5.91 Å². The number of likely N-dealkylation sites (tertiary alicyclic amines) is 1.